The highest BCUT2D eigenvalue weighted by atomic mass is 35.5. The first-order valence-electron chi connectivity index (χ1n) is 7.56. The second-order valence-corrected chi connectivity index (χ2v) is 6.33. The van der Waals surface area contributed by atoms with Crippen LogP contribution in [0.15, 0.2) is 18.2 Å². The highest BCUT2D eigenvalue weighted by Crippen LogP contribution is 2.32. The van der Waals surface area contributed by atoms with Gasteiger partial charge in [-0.15, -0.1) is 0 Å². The molecule has 2 aliphatic rings. The van der Waals surface area contributed by atoms with Crippen LogP contribution in [0, 0.1) is 5.92 Å². The summed E-state index contributed by atoms with van der Waals surface area (Å²) in [5.74, 6) is 1.59. The summed E-state index contributed by atoms with van der Waals surface area (Å²) in [4.78, 5) is 14.5. The molecule has 1 fully saturated rings. The van der Waals surface area contributed by atoms with Crippen LogP contribution >= 0.6 is 11.6 Å². The average molecular weight is 309 g/mol. The molecule has 1 atom stereocenters. The Morgan fingerprint density at radius 1 is 1.43 bits per heavy atom. The zero-order valence-electron chi connectivity index (χ0n) is 12.3. The maximum absolute atomic E-state index is 12.6. The largest absolute Gasteiger partial charge is 0.480 e. The number of fused-ring (bicyclic) bond motifs is 1. The summed E-state index contributed by atoms with van der Waals surface area (Å²) < 4.78 is 5.79. The first-order chi connectivity index (χ1) is 10.2. The molecule has 0 aromatic heterocycles. The highest BCUT2D eigenvalue weighted by Gasteiger charge is 2.34. The Balaban J connectivity index is 1.58. The van der Waals surface area contributed by atoms with Gasteiger partial charge in [-0.05, 0) is 56.1 Å². The molecule has 1 amide bonds. The summed E-state index contributed by atoms with van der Waals surface area (Å²) in [7, 11) is 1.98. The van der Waals surface area contributed by atoms with E-state index in [2.05, 4.69) is 5.32 Å². The van der Waals surface area contributed by atoms with E-state index >= 15 is 0 Å². The standard InChI is InChI=1S/C16H21ClN2O2/c1-18-10-11-4-6-19(7-5-11)16(20)15-9-12-8-13(17)2-3-14(12)21-15/h2-3,8,11,15,18H,4-7,9-10H2,1H3. The van der Waals surface area contributed by atoms with Gasteiger partial charge in [0, 0.05) is 24.5 Å². The van der Waals surface area contributed by atoms with Crippen molar-refractivity contribution in [2.75, 3.05) is 26.7 Å². The van der Waals surface area contributed by atoms with Crippen molar-refractivity contribution in [1.82, 2.24) is 10.2 Å². The lowest BCUT2D eigenvalue weighted by atomic mass is 9.96. The minimum atomic E-state index is -0.376. The SMILES string of the molecule is CNCC1CCN(C(=O)C2Cc3cc(Cl)ccc3O2)CC1. The van der Waals surface area contributed by atoms with Gasteiger partial charge in [-0.3, -0.25) is 4.79 Å². The molecule has 1 aromatic carbocycles. The predicted octanol–water partition coefficient (Wildman–Crippen LogP) is 2.10. The minimum absolute atomic E-state index is 0.116. The summed E-state index contributed by atoms with van der Waals surface area (Å²) >= 11 is 5.99. The molecule has 1 saturated heterocycles. The molecule has 1 aromatic rings. The van der Waals surface area contributed by atoms with E-state index < -0.39 is 0 Å². The van der Waals surface area contributed by atoms with Crippen molar-refractivity contribution in [3.05, 3.63) is 28.8 Å². The van der Waals surface area contributed by atoms with Crippen LogP contribution in [0.4, 0.5) is 0 Å². The minimum Gasteiger partial charge on any atom is -0.480 e. The van der Waals surface area contributed by atoms with E-state index in [1.165, 1.54) is 0 Å². The molecule has 3 rings (SSSR count). The predicted molar refractivity (Wildman–Crippen MR) is 82.8 cm³/mol. The second-order valence-electron chi connectivity index (χ2n) is 5.89. The number of nitrogens with zero attached hydrogens (tertiary/aromatic N) is 1. The summed E-state index contributed by atoms with van der Waals surface area (Å²) in [5.41, 5.74) is 1.03. The Morgan fingerprint density at radius 3 is 2.90 bits per heavy atom. The van der Waals surface area contributed by atoms with Crippen LogP contribution in [0.25, 0.3) is 0 Å². The molecule has 21 heavy (non-hydrogen) atoms. The van der Waals surface area contributed by atoms with Crippen LogP contribution in [0.3, 0.4) is 0 Å². The fourth-order valence-electron chi connectivity index (χ4n) is 3.20. The number of halogens is 1. The fraction of sp³-hybridized carbons (Fsp3) is 0.562. The molecule has 0 radical (unpaired) electrons. The third-order valence-corrected chi connectivity index (χ3v) is 4.63. The number of carbonyl (C=O) groups excluding carboxylic acids is 1. The van der Waals surface area contributed by atoms with Gasteiger partial charge in [-0.25, -0.2) is 0 Å². The quantitative estimate of drug-likeness (QED) is 0.930. The Labute approximate surface area is 130 Å². The maximum Gasteiger partial charge on any atom is 0.263 e. The number of carbonyl (C=O) groups is 1. The molecular weight excluding hydrogens is 288 g/mol. The smallest absolute Gasteiger partial charge is 0.263 e. The van der Waals surface area contributed by atoms with Gasteiger partial charge in [0.2, 0.25) is 0 Å². The Hall–Kier alpha value is -1.26. The van der Waals surface area contributed by atoms with E-state index in [1.807, 2.05) is 24.1 Å². The lowest BCUT2D eigenvalue weighted by molar-refractivity contribution is -0.139. The molecule has 0 bridgehead atoms. The number of likely N-dealkylation sites (tertiary alicyclic amines) is 1. The molecule has 5 heteroatoms. The monoisotopic (exact) mass is 308 g/mol. The average Bonchev–Trinajstić information content (AvgIpc) is 2.90. The van der Waals surface area contributed by atoms with Gasteiger partial charge in [0.1, 0.15) is 5.75 Å². The molecule has 0 aliphatic carbocycles. The third-order valence-electron chi connectivity index (χ3n) is 4.39. The highest BCUT2D eigenvalue weighted by molar-refractivity contribution is 6.30. The topological polar surface area (TPSA) is 41.6 Å². The van der Waals surface area contributed by atoms with E-state index in [4.69, 9.17) is 16.3 Å². The fourth-order valence-corrected chi connectivity index (χ4v) is 3.40. The molecule has 114 valence electrons. The van der Waals surface area contributed by atoms with E-state index in [1.54, 1.807) is 6.07 Å². The Kier molecular flexibility index (Phi) is 4.36. The molecular formula is C16H21ClN2O2. The summed E-state index contributed by atoms with van der Waals surface area (Å²) in [6.07, 6.45) is 2.39. The number of benzene rings is 1. The second kappa shape index (κ2) is 6.24. The van der Waals surface area contributed by atoms with Crippen molar-refractivity contribution >= 4 is 17.5 Å². The van der Waals surface area contributed by atoms with Crippen LogP contribution in [0.5, 0.6) is 5.75 Å². The van der Waals surface area contributed by atoms with Gasteiger partial charge in [0.15, 0.2) is 6.10 Å². The molecule has 1 unspecified atom stereocenters. The van der Waals surface area contributed by atoms with Crippen LogP contribution < -0.4 is 10.1 Å². The van der Waals surface area contributed by atoms with Gasteiger partial charge in [-0.2, -0.15) is 0 Å². The van der Waals surface area contributed by atoms with Crippen molar-refractivity contribution in [2.24, 2.45) is 5.92 Å². The van der Waals surface area contributed by atoms with Crippen molar-refractivity contribution in [3.8, 4) is 5.75 Å². The van der Waals surface area contributed by atoms with Crippen molar-refractivity contribution < 1.29 is 9.53 Å². The number of piperidine rings is 1. The van der Waals surface area contributed by atoms with Gasteiger partial charge in [0.05, 0.1) is 0 Å². The van der Waals surface area contributed by atoms with Crippen LogP contribution in [0.2, 0.25) is 5.02 Å². The van der Waals surface area contributed by atoms with Gasteiger partial charge in [-0.1, -0.05) is 11.6 Å². The Morgan fingerprint density at radius 2 is 2.19 bits per heavy atom. The summed E-state index contributed by atoms with van der Waals surface area (Å²) in [5, 5.41) is 3.91. The van der Waals surface area contributed by atoms with Crippen LogP contribution in [0.1, 0.15) is 18.4 Å². The van der Waals surface area contributed by atoms with Crippen molar-refractivity contribution in [1.29, 1.82) is 0 Å². The van der Waals surface area contributed by atoms with E-state index in [9.17, 15) is 4.79 Å². The van der Waals surface area contributed by atoms with Gasteiger partial charge >= 0.3 is 0 Å². The number of hydrogen-bond acceptors (Lipinski definition) is 3. The van der Waals surface area contributed by atoms with Crippen LogP contribution in [-0.4, -0.2) is 43.6 Å². The normalized spacial score (nSPS) is 22.0. The lowest BCUT2D eigenvalue weighted by Crippen LogP contribution is -2.46. The van der Waals surface area contributed by atoms with E-state index in [0.717, 1.165) is 43.8 Å². The first kappa shape index (κ1) is 14.7. The molecule has 0 spiro atoms. The van der Waals surface area contributed by atoms with E-state index in [0.29, 0.717) is 17.4 Å². The van der Waals surface area contributed by atoms with Crippen molar-refractivity contribution in [3.63, 3.8) is 0 Å². The molecule has 2 aliphatic heterocycles. The number of amides is 1. The van der Waals surface area contributed by atoms with Gasteiger partial charge < -0.3 is 15.0 Å². The maximum atomic E-state index is 12.6. The van der Waals surface area contributed by atoms with E-state index in [-0.39, 0.29) is 12.0 Å². The lowest BCUT2D eigenvalue weighted by Gasteiger charge is -2.33. The molecule has 2 heterocycles. The summed E-state index contributed by atoms with van der Waals surface area (Å²) in [6.45, 7) is 2.70. The number of rotatable bonds is 3. The first-order valence-corrected chi connectivity index (χ1v) is 7.93. The Bertz CT molecular complexity index is 527. The zero-order chi connectivity index (χ0) is 14.8. The molecule has 4 nitrogen and oxygen atoms in total. The number of nitrogens with one attached hydrogen (secondary N) is 1. The zero-order valence-corrected chi connectivity index (χ0v) is 13.0. The third kappa shape index (κ3) is 3.16. The molecule has 1 N–H and O–H groups in total. The number of ether oxygens (including phenoxy) is 1. The summed E-state index contributed by atoms with van der Waals surface area (Å²) in [6, 6.07) is 5.55. The molecule has 0 saturated carbocycles. The number of hydrogen-bond donors (Lipinski definition) is 1. The van der Waals surface area contributed by atoms with Crippen molar-refractivity contribution in [2.45, 2.75) is 25.4 Å². The van der Waals surface area contributed by atoms with Crippen LogP contribution in [-0.2, 0) is 11.2 Å². The van der Waals surface area contributed by atoms with Gasteiger partial charge in [0.25, 0.3) is 5.91 Å².